The van der Waals surface area contributed by atoms with Crippen LogP contribution in [0, 0.1) is 6.92 Å². The minimum Gasteiger partial charge on any atom is -0.454 e. The van der Waals surface area contributed by atoms with Crippen LogP contribution in [0.4, 0.5) is 5.82 Å². The maximum atomic E-state index is 12.9. The Morgan fingerprint density at radius 1 is 1.09 bits per heavy atom. The molecule has 0 atom stereocenters. The van der Waals surface area contributed by atoms with E-state index < -0.39 is 5.91 Å². The second kappa shape index (κ2) is 7.85. The van der Waals surface area contributed by atoms with Gasteiger partial charge < -0.3 is 19.2 Å². The fourth-order valence-corrected chi connectivity index (χ4v) is 4.47. The number of benzene rings is 2. The second-order valence-corrected chi connectivity index (χ2v) is 8.43. The van der Waals surface area contributed by atoms with Crippen LogP contribution in [0.5, 0.6) is 11.5 Å². The summed E-state index contributed by atoms with van der Waals surface area (Å²) in [6.45, 7) is 2.02. The first-order chi connectivity index (χ1) is 16.5. The Kier molecular flexibility index (Phi) is 4.66. The Bertz CT molecular complexity index is 1630. The molecule has 3 aromatic heterocycles. The number of carbonyl (C=O) groups excluding carboxylic acids is 1. The average Bonchev–Trinajstić information content (AvgIpc) is 3.58. The van der Waals surface area contributed by atoms with Gasteiger partial charge in [-0.2, -0.15) is 9.78 Å². The number of ether oxygens (including phenoxy) is 2. The van der Waals surface area contributed by atoms with Gasteiger partial charge in [-0.3, -0.25) is 9.59 Å². The molecule has 1 N–H and O–H groups in total. The van der Waals surface area contributed by atoms with Gasteiger partial charge in [0.05, 0.1) is 16.8 Å². The molecule has 34 heavy (non-hydrogen) atoms. The summed E-state index contributed by atoms with van der Waals surface area (Å²) in [6.07, 6.45) is 0. The molecule has 9 nitrogen and oxygen atoms in total. The first-order valence-electron chi connectivity index (χ1n) is 10.3. The van der Waals surface area contributed by atoms with Crippen molar-refractivity contribution in [2.45, 2.75) is 6.92 Å². The number of thiazole rings is 1. The van der Waals surface area contributed by atoms with E-state index in [0.29, 0.717) is 39.1 Å². The van der Waals surface area contributed by atoms with E-state index in [9.17, 15) is 9.59 Å². The number of anilines is 1. The predicted octanol–water partition coefficient (Wildman–Crippen LogP) is 4.39. The van der Waals surface area contributed by atoms with Crippen LogP contribution in [0.1, 0.15) is 16.2 Å². The Morgan fingerprint density at radius 3 is 2.85 bits per heavy atom. The molecule has 10 heteroatoms. The first-order valence-corrected chi connectivity index (χ1v) is 11.2. The number of fused-ring (bicyclic) bond motifs is 2. The van der Waals surface area contributed by atoms with Gasteiger partial charge in [0, 0.05) is 23.1 Å². The van der Waals surface area contributed by atoms with Gasteiger partial charge in [0.25, 0.3) is 5.91 Å². The lowest BCUT2D eigenvalue weighted by Crippen LogP contribution is -2.17. The van der Waals surface area contributed by atoms with Gasteiger partial charge in [0.2, 0.25) is 11.9 Å². The third-order valence-corrected chi connectivity index (χ3v) is 6.09. The van der Waals surface area contributed by atoms with E-state index >= 15 is 0 Å². The highest BCUT2D eigenvalue weighted by Crippen LogP contribution is 2.36. The van der Waals surface area contributed by atoms with Crippen LogP contribution in [-0.2, 0) is 0 Å². The van der Waals surface area contributed by atoms with Gasteiger partial charge in [-0.1, -0.05) is 12.1 Å². The number of hydrogen-bond donors (Lipinski definition) is 1. The van der Waals surface area contributed by atoms with Crippen molar-refractivity contribution < 1.29 is 18.7 Å². The van der Waals surface area contributed by atoms with Crippen LogP contribution in [0.3, 0.4) is 0 Å². The van der Waals surface area contributed by atoms with Crippen LogP contribution < -0.4 is 20.2 Å². The quantitative estimate of drug-likeness (QED) is 0.413. The van der Waals surface area contributed by atoms with Gasteiger partial charge in [0.15, 0.2) is 22.7 Å². The van der Waals surface area contributed by atoms with Crippen molar-refractivity contribution in [2.75, 3.05) is 12.1 Å². The van der Waals surface area contributed by atoms with E-state index in [0.717, 1.165) is 11.3 Å². The molecule has 1 aliphatic heterocycles. The van der Waals surface area contributed by atoms with Crippen molar-refractivity contribution in [1.29, 1.82) is 0 Å². The summed E-state index contributed by atoms with van der Waals surface area (Å²) >= 11 is 1.38. The van der Waals surface area contributed by atoms with E-state index in [1.54, 1.807) is 35.0 Å². The Hall–Kier alpha value is -4.44. The zero-order chi connectivity index (χ0) is 23.2. The van der Waals surface area contributed by atoms with Crippen molar-refractivity contribution in [3.63, 3.8) is 0 Å². The number of carbonyl (C=O) groups is 1. The van der Waals surface area contributed by atoms with E-state index in [1.807, 2.05) is 30.5 Å². The molecular formula is C24H16N4O5S. The highest BCUT2D eigenvalue weighted by atomic mass is 32.1. The molecule has 4 heterocycles. The lowest BCUT2D eigenvalue weighted by molar-refractivity contribution is 0.0996. The predicted molar refractivity (Wildman–Crippen MR) is 126 cm³/mol. The largest absolute Gasteiger partial charge is 0.454 e. The smallest absolute Gasteiger partial charge is 0.292 e. The van der Waals surface area contributed by atoms with Crippen LogP contribution >= 0.6 is 11.3 Å². The number of nitrogens with zero attached hydrogens (tertiary/aromatic N) is 3. The zero-order valence-electron chi connectivity index (χ0n) is 17.8. The Labute approximate surface area is 196 Å². The average molecular weight is 472 g/mol. The maximum Gasteiger partial charge on any atom is 0.292 e. The molecule has 0 fully saturated rings. The molecule has 1 aliphatic rings. The highest BCUT2D eigenvalue weighted by Gasteiger charge is 2.19. The van der Waals surface area contributed by atoms with Crippen molar-refractivity contribution >= 4 is 34.0 Å². The van der Waals surface area contributed by atoms with Crippen molar-refractivity contribution in [2.24, 2.45) is 0 Å². The SMILES string of the molecule is Cc1cc(NC(=O)c2cc(=O)c3ccccc3o2)n(-c2nc(-c3ccc4c(c3)OCO4)cs2)n1. The van der Waals surface area contributed by atoms with Crippen molar-refractivity contribution in [3.8, 4) is 27.9 Å². The topological polar surface area (TPSA) is 108 Å². The van der Waals surface area contributed by atoms with Crippen LogP contribution in [-0.4, -0.2) is 27.5 Å². The Balaban J connectivity index is 1.31. The first kappa shape index (κ1) is 20.2. The fourth-order valence-electron chi connectivity index (χ4n) is 3.68. The molecule has 6 rings (SSSR count). The molecule has 0 aliphatic carbocycles. The molecule has 0 radical (unpaired) electrons. The molecule has 168 valence electrons. The van der Waals surface area contributed by atoms with Gasteiger partial charge >= 0.3 is 0 Å². The van der Waals surface area contributed by atoms with Crippen LogP contribution in [0.2, 0.25) is 0 Å². The summed E-state index contributed by atoms with van der Waals surface area (Å²) in [7, 11) is 0. The fraction of sp³-hybridized carbons (Fsp3) is 0.0833. The van der Waals surface area contributed by atoms with Crippen molar-refractivity contribution in [3.05, 3.63) is 81.7 Å². The van der Waals surface area contributed by atoms with Gasteiger partial charge in [0.1, 0.15) is 11.4 Å². The molecule has 2 aromatic carbocycles. The number of hydrogen-bond acceptors (Lipinski definition) is 8. The molecule has 5 aromatic rings. The third kappa shape index (κ3) is 3.50. The van der Waals surface area contributed by atoms with E-state index in [2.05, 4.69) is 15.4 Å². The number of rotatable bonds is 4. The van der Waals surface area contributed by atoms with Crippen LogP contribution in [0.25, 0.3) is 27.4 Å². The standard InChI is InChI=1S/C24H16N4O5S/c1-13-8-22(26-23(30)21-10-17(29)15-4-2-3-5-18(15)33-21)28(27-13)24-25-16(11-34-24)14-6-7-19-20(9-14)32-12-31-19/h2-11H,12H2,1H3,(H,26,30). The zero-order valence-corrected chi connectivity index (χ0v) is 18.6. The van der Waals surface area contributed by atoms with E-state index in [-0.39, 0.29) is 18.0 Å². The van der Waals surface area contributed by atoms with E-state index in [4.69, 9.17) is 13.9 Å². The Morgan fingerprint density at radius 2 is 1.94 bits per heavy atom. The lowest BCUT2D eigenvalue weighted by atomic mass is 10.1. The van der Waals surface area contributed by atoms with Gasteiger partial charge in [-0.25, -0.2) is 4.98 Å². The summed E-state index contributed by atoms with van der Waals surface area (Å²) in [5.41, 5.74) is 2.36. The molecule has 0 unspecified atom stereocenters. The maximum absolute atomic E-state index is 12.9. The summed E-state index contributed by atoms with van der Waals surface area (Å²) in [4.78, 5) is 30.0. The minimum absolute atomic E-state index is 0.0886. The monoisotopic (exact) mass is 472 g/mol. The summed E-state index contributed by atoms with van der Waals surface area (Å²) in [5, 5.41) is 10.1. The molecule has 0 spiro atoms. The number of para-hydroxylation sites is 1. The minimum atomic E-state index is -0.559. The van der Waals surface area contributed by atoms with Gasteiger partial charge in [-0.15, -0.1) is 11.3 Å². The number of aryl methyl sites for hydroxylation is 1. The highest BCUT2D eigenvalue weighted by molar-refractivity contribution is 7.12. The number of amides is 1. The normalized spacial score (nSPS) is 12.3. The van der Waals surface area contributed by atoms with Crippen molar-refractivity contribution in [1.82, 2.24) is 14.8 Å². The molecule has 0 saturated heterocycles. The summed E-state index contributed by atoms with van der Waals surface area (Å²) in [6, 6.07) is 15.3. The molecule has 1 amide bonds. The number of nitrogens with one attached hydrogen (secondary N) is 1. The lowest BCUT2D eigenvalue weighted by Gasteiger charge is -2.07. The molecule has 0 saturated carbocycles. The van der Waals surface area contributed by atoms with Gasteiger partial charge in [-0.05, 0) is 37.3 Å². The summed E-state index contributed by atoms with van der Waals surface area (Å²) in [5.74, 6) is 1.13. The number of aromatic nitrogens is 3. The second-order valence-electron chi connectivity index (χ2n) is 7.59. The molecular weight excluding hydrogens is 456 g/mol. The van der Waals surface area contributed by atoms with Crippen LogP contribution in [0.15, 0.2) is 69.2 Å². The third-order valence-electron chi connectivity index (χ3n) is 5.27. The van der Waals surface area contributed by atoms with E-state index in [1.165, 1.54) is 17.4 Å². The molecule has 0 bridgehead atoms. The summed E-state index contributed by atoms with van der Waals surface area (Å²) < 4.78 is 18.0.